The Balaban J connectivity index is 1.31. The maximum atomic E-state index is 13.0. The van der Waals surface area contributed by atoms with Crippen molar-refractivity contribution in [3.8, 4) is 0 Å². The lowest BCUT2D eigenvalue weighted by molar-refractivity contribution is 0.0780. The van der Waals surface area contributed by atoms with Gasteiger partial charge in [-0.1, -0.05) is 36.4 Å². The number of fused-ring (bicyclic) bond motifs is 2. The minimum atomic E-state index is 0.126. The maximum Gasteiger partial charge on any atom is 0.256 e. The number of benzene rings is 2. The molecule has 2 aliphatic rings. The molecule has 1 aromatic heterocycles. The van der Waals surface area contributed by atoms with Crippen LogP contribution in [0, 0.1) is 0 Å². The summed E-state index contributed by atoms with van der Waals surface area (Å²) in [6, 6.07) is 18.8. The van der Waals surface area contributed by atoms with Crippen LogP contribution in [0.3, 0.4) is 0 Å². The first kappa shape index (κ1) is 16.3. The van der Waals surface area contributed by atoms with Crippen molar-refractivity contribution in [2.45, 2.75) is 19.0 Å². The number of hydrogen-bond acceptors (Lipinski definition) is 4. The molecule has 0 saturated carbocycles. The van der Waals surface area contributed by atoms with Crippen molar-refractivity contribution in [3.63, 3.8) is 0 Å². The highest BCUT2D eigenvalue weighted by Crippen LogP contribution is 2.30. The Morgan fingerprint density at radius 2 is 1.96 bits per heavy atom. The quantitative estimate of drug-likeness (QED) is 0.736. The summed E-state index contributed by atoms with van der Waals surface area (Å²) in [7, 11) is 0. The predicted octanol–water partition coefficient (Wildman–Crippen LogP) is 2.82. The zero-order valence-electron chi connectivity index (χ0n) is 15.1. The van der Waals surface area contributed by atoms with Crippen LogP contribution in [0.1, 0.15) is 21.6 Å². The van der Waals surface area contributed by atoms with Gasteiger partial charge in [0.2, 0.25) is 0 Å². The van der Waals surface area contributed by atoms with Gasteiger partial charge in [-0.2, -0.15) is 0 Å². The number of anilines is 1. The Morgan fingerprint density at radius 3 is 2.81 bits per heavy atom. The summed E-state index contributed by atoms with van der Waals surface area (Å²) in [6.07, 6.45) is 0.764. The van der Waals surface area contributed by atoms with Crippen molar-refractivity contribution in [3.05, 3.63) is 71.4 Å². The monoisotopic (exact) mass is 358 g/mol. The van der Waals surface area contributed by atoms with Crippen LogP contribution in [0.15, 0.2) is 54.6 Å². The second-order valence-electron chi connectivity index (χ2n) is 7.31. The van der Waals surface area contributed by atoms with E-state index in [0.29, 0.717) is 19.1 Å². The fourth-order valence-electron chi connectivity index (χ4n) is 3.83. The highest BCUT2D eigenvalue weighted by Gasteiger charge is 2.30. The number of amides is 1. The Kier molecular flexibility index (Phi) is 4.02. The molecule has 5 heteroatoms. The van der Waals surface area contributed by atoms with Crippen LogP contribution < -0.4 is 10.6 Å². The van der Waals surface area contributed by atoms with E-state index >= 15 is 0 Å². The minimum Gasteiger partial charge on any atom is -0.379 e. The van der Waals surface area contributed by atoms with Crippen molar-refractivity contribution in [1.82, 2.24) is 15.2 Å². The Hall–Kier alpha value is -2.92. The van der Waals surface area contributed by atoms with E-state index in [0.717, 1.165) is 52.9 Å². The van der Waals surface area contributed by atoms with E-state index in [1.807, 2.05) is 35.2 Å². The number of aromatic nitrogens is 1. The van der Waals surface area contributed by atoms with Gasteiger partial charge >= 0.3 is 0 Å². The molecule has 3 heterocycles. The number of para-hydroxylation sites is 1. The number of carbonyl (C=O) groups is 1. The molecule has 2 N–H and O–H groups in total. The normalized spacial score (nSPS) is 16.4. The van der Waals surface area contributed by atoms with Crippen LogP contribution in [0.4, 0.5) is 5.69 Å². The van der Waals surface area contributed by atoms with Crippen molar-refractivity contribution >= 4 is 22.5 Å². The van der Waals surface area contributed by atoms with Gasteiger partial charge in [0.05, 0.1) is 17.1 Å². The summed E-state index contributed by atoms with van der Waals surface area (Å²) in [5.74, 6) is 0.126. The smallest absolute Gasteiger partial charge is 0.256 e. The molecule has 1 fully saturated rings. The first-order valence-electron chi connectivity index (χ1n) is 9.51. The number of nitrogens with one attached hydrogen (secondary N) is 2. The largest absolute Gasteiger partial charge is 0.379 e. The molecule has 5 nitrogen and oxygen atoms in total. The first-order valence-corrected chi connectivity index (χ1v) is 9.51. The molecule has 2 aromatic carbocycles. The standard InChI is InChI=1S/C22H22N4O/c27-22-21-16(5-3-7-20(21)25-18-12-23-13-18)14-26(22)11-10-17-9-8-15-4-1-2-6-19(15)24-17/h1-9,18,23,25H,10-14H2. The SMILES string of the molecule is O=C1c2c(cccc2NC2CNC2)CN1CCc1ccc2ccccc2n1. The van der Waals surface area contributed by atoms with Gasteiger partial charge in [0.25, 0.3) is 5.91 Å². The van der Waals surface area contributed by atoms with E-state index in [1.54, 1.807) is 0 Å². The summed E-state index contributed by atoms with van der Waals surface area (Å²) in [4.78, 5) is 19.7. The fourth-order valence-corrected chi connectivity index (χ4v) is 3.83. The van der Waals surface area contributed by atoms with Gasteiger partial charge in [0.1, 0.15) is 0 Å². The van der Waals surface area contributed by atoms with Crippen LogP contribution >= 0.6 is 0 Å². The molecular formula is C22H22N4O. The molecule has 5 rings (SSSR count). The average Bonchev–Trinajstić information content (AvgIpc) is 2.99. The third-order valence-electron chi connectivity index (χ3n) is 5.45. The molecule has 1 amide bonds. The predicted molar refractivity (Wildman–Crippen MR) is 107 cm³/mol. The second-order valence-corrected chi connectivity index (χ2v) is 7.31. The first-order chi connectivity index (χ1) is 13.3. The van der Waals surface area contributed by atoms with Crippen molar-refractivity contribution in [2.24, 2.45) is 0 Å². The number of carbonyl (C=O) groups excluding carboxylic acids is 1. The highest BCUT2D eigenvalue weighted by molar-refractivity contribution is 6.03. The average molecular weight is 358 g/mol. The molecule has 2 aliphatic heterocycles. The lowest BCUT2D eigenvalue weighted by atomic mass is 10.1. The van der Waals surface area contributed by atoms with Crippen LogP contribution in [0.5, 0.6) is 0 Å². The molecule has 0 unspecified atom stereocenters. The molecule has 27 heavy (non-hydrogen) atoms. The van der Waals surface area contributed by atoms with E-state index in [4.69, 9.17) is 4.98 Å². The van der Waals surface area contributed by atoms with Gasteiger partial charge in [0.15, 0.2) is 0 Å². The third-order valence-corrected chi connectivity index (χ3v) is 5.45. The zero-order chi connectivity index (χ0) is 18.2. The molecule has 0 aliphatic carbocycles. The molecule has 3 aromatic rings. The van der Waals surface area contributed by atoms with E-state index in [9.17, 15) is 4.79 Å². The minimum absolute atomic E-state index is 0.126. The van der Waals surface area contributed by atoms with E-state index in [2.05, 4.69) is 34.9 Å². The molecule has 136 valence electrons. The van der Waals surface area contributed by atoms with Crippen LogP contribution in [0.25, 0.3) is 10.9 Å². The van der Waals surface area contributed by atoms with Gasteiger partial charge in [0, 0.05) is 49.4 Å². The van der Waals surface area contributed by atoms with Gasteiger partial charge in [-0.25, -0.2) is 0 Å². The summed E-state index contributed by atoms with van der Waals surface area (Å²) in [5.41, 5.74) is 4.96. The van der Waals surface area contributed by atoms with Crippen molar-refractivity contribution in [2.75, 3.05) is 25.0 Å². The van der Waals surface area contributed by atoms with Crippen molar-refractivity contribution in [1.29, 1.82) is 0 Å². The fraction of sp³-hybridized carbons (Fsp3) is 0.273. The molecule has 0 bridgehead atoms. The lowest BCUT2D eigenvalue weighted by Crippen LogP contribution is -2.51. The number of rotatable bonds is 5. The Labute approximate surface area is 158 Å². The summed E-state index contributed by atoms with van der Waals surface area (Å²) in [6.45, 7) is 3.27. The molecule has 0 atom stereocenters. The lowest BCUT2D eigenvalue weighted by Gasteiger charge is -2.29. The Bertz CT molecular complexity index is 1010. The van der Waals surface area contributed by atoms with Gasteiger partial charge in [-0.05, 0) is 23.8 Å². The number of hydrogen-bond donors (Lipinski definition) is 2. The number of pyridine rings is 1. The summed E-state index contributed by atoms with van der Waals surface area (Å²) < 4.78 is 0. The zero-order valence-corrected chi connectivity index (χ0v) is 15.1. The van der Waals surface area contributed by atoms with Crippen LogP contribution in [0.2, 0.25) is 0 Å². The third kappa shape index (κ3) is 3.04. The van der Waals surface area contributed by atoms with Gasteiger partial charge < -0.3 is 15.5 Å². The maximum absolute atomic E-state index is 13.0. The van der Waals surface area contributed by atoms with E-state index in [-0.39, 0.29) is 5.91 Å². The van der Waals surface area contributed by atoms with Gasteiger partial charge in [-0.15, -0.1) is 0 Å². The topological polar surface area (TPSA) is 57.3 Å². The number of nitrogens with zero attached hydrogens (tertiary/aromatic N) is 2. The molecular weight excluding hydrogens is 336 g/mol. The summed E-state index contributed by atoms with van der Waals surface area (Å²) in [5, 5.41) is 7.90. The molecule has 0 radical (unpaired) electrons. The second kappa shape index (κ2) is 6.67. The summed E-state index contributed by atoms with van der Waals surface area (Å²) >= 11 is 0. The molecule has 0 spiro atoms. The van der Waals surface area contributed by atoms with E-state index < -0.39 is 0 Å². The molecule has 1 saturated heterocycles. The highest BCUT2D eigenvalue weighted by atomic mass is 16.2. The Morgan fingerprint density at radius 1 is 1.07 bits per heavy atom. The van der Waals surface area contributed by atoms with Crippen molar-refractivity contribution < 1.29 is 4.79 Å². The van der Waals surface area contributed by atoms with Gasteiger partial charge in [-0.3, -0.25) is 9.78 Å². The van der Waals surface area contributed by atoms with E-state index in [1.165, 1.54) is 0 Å². The van der Waals surface area contributed by atoms with Crippen LogP contribution in [-0.2, 0) is 13.0 Å². The van der Waals surface area contributed by atoms with Crippen LogP contribution in [-0.4, -0.2) is 41.5 Å².